The van der Waals surface area contributed by atoms with Crippen molar-refractivity contribution in [3.8, 4) is 0 Å². The number of sulfonamides is 1. The number of nitrogens with one attached hydrogen (secondary N) is 1. The quantitative estimate of drug-likeness (QED) is 0.811. The van der Waals surface area contributed by atoms with Gasteiger partial charge in [0.1, 0.15) is 9.92 Å². The molecule has 1 aromatic heterocycles. The molecule has 0 aliphatic heterocycles. The molecule has 1 aromatic carbocycles. The topological polar surface area (TPSA) is 109 Å². The van der Waals surface area contributed by atoms with E-state index in [1.807, 2.05) is 0 Å². The molecular weight excluding hydrogens is 386 g/mol. The van der Waals surface area contributed by atoms with Gasteiger partial charge in [-0.15, -0.1) is 0 Å². The Morgan fingerprint density at radius 3 is 2.76 bits per heavy atom. The normalized spacial score (nSPS) is 14.0. The van der Waals surface area contributed by atoms with Crippen molar-refractivity contribution in [3.05, 3.63) is 26.1 Å². The van der Waals surface area contributed by atoms with E-state index < -0.39 is 21.8 Å². The summed E-state index contributed by atoms with van der Waals surface area (Å²) in [6.07, 6.45) is 0. The van der Waals surface area contributed by atoms with Crippen LogP contribution in [-0.4, -0.2) is 37.3 Å². The highest BCUT2D eigenvalue weighted by molar-refractivity contribution is 9.10. The molecule has 0 amide bonds. The average molecular weight is 399 g/mol. The fourth-order valence-corrected chi connectivity index (χ4v) is 4.93. The summed E-state index contributed by atoms with van der Waals surface area (Å²) in [4.78, 5) is 13.5. The van der Waals surface area contributed by atoms with Crippen LogP contribution >= 0.6 is 27.5 Å². The number of H-pyrrole nitrogens is 1. The van der Waals surface area contributed by atoms with Gasteiger partial charge >= 0.3 is 5.76 Å². The van der Waals surface area contributed by atoms with Crippen molar-refractivity contribution in [1.29, 1.82) is 0 Å². The molecule has 1 heterocycles. The molecule has 0 saturated carbocycles. The number of hydrogen-bond acceptors (Lipinski definition) is 5. The summed E-state index contributed by atoms with van der Waals surface area (Å²) in [5.41, 5.74) is 5.81. The summed E-state index contributed by atoms with van der Waals surface area (Å²) < 4.78 is 31.5. The second-order valence-corrected chi connectivity index (χ2v) is 7.67. The Labute approximate surface area is 134 Å². The molecule has 0 aliphatic carbocycles. The van der Waals surface area contributed by atoms with Gasteiger partial charge in [0.2, 0.25) is 10.0 Å². The molecule has 116 valence electrons. The Kier molecular flexibility index (Phi) is 4.50. The Morgan fingerprint density at radius 1 is 1.57 bits per heavy atom. The van der Waals surface area contributed by atoms with Crippen LogP contribution in [0.15, 0.2) is 24.6 Å². The maximum atomic E-state index is 12.7. The van der Waals surface area contributed by atoms with Crippen molar-refractivity contribution < 1.29 is 12.8 Å². The molecule has 21 heavy (non-hydrogen) atoms. The van der Waals surface area contributed by atoms with Crippen LogP contribution in [0.1, 0.15) is 6.92 Å². The van der Waals surface area contributed by atoms with E-state index in [4.69, 9.17) is 21.8 Å². The number of aromatic nitrogens is 1. The minimum absolute atomic E-state index is 0.00255. The SMILES string of the molecule is CC(CN)N(C)S(=O)(=O)c1c(Br)cc2[nH]c(=O)oc2c1Cl. The smallest absolute Gasteiger partial charge is 0.406 e. The highest BCUT2D eigenvalue weighted by Crippen LogP contribution is 2.37. The van der Waals surface area contributed by atoms with Gasteiger partial charge in [-0.1, -0.05) is 11.6 Å². The number of halogens is 2. The van der Waals surface area contributed by atoms with Crippen LogP contribution in [-0.2, 0) is 10.0 Å². The lowest BCUT2D eigenvalue weighted by molar-refractivity contribution is 0.394. The van der Waals surface area contributed by atoms with E-state index in [-0.39, 0.29) is 26.5 Å². The fraction of sp³-hybridized carbons (Fsp3) is 0.364. The molecule has 0 spiro atoms. The van der Waals surface area contributed by atoms with Gasteiger partial charge in [-0.05, 0) is 28.9 Å². The first-order chi connectivity index (χ1) is 9.70. The third kappa shape index (κ3) is 2.76. The molecule has 0 bridgehead atoms. The first-order valence-corrected chi connectivity index (χ1v) is 8.50. The molecular formula is C11H13BrClN3O4S. The number of fused-ring (bicyclic) bond motifs is 1. The first kappa shape index (κ1) is 16.5. The number of likely N-dealkylation sites (N-methyl/N-ethyl adjacent to an activating group) is 1. The second-order valence-electron chi connectivity index (χ2n) is 4.50. The molecule has 0 saturated heterocycles. The Balaban J connectivity index is 2.74. The van der Waals surface area contributed by atoms with E-state index >= 15 is 0 Å². The van der Waals surface area contributed by atoms with Crippen LogP contribution in [0, 0.1) is 0 Å². The highest BCUT2D eigenvalue weighted by Gasteiger charge is 2.31. The summed E-state index contributed by atoms with van der Waals surface area (Å²) in [6.45, 7) is 1.83. The molecule has 3 N–H and O–H groups in total. The van der Waals surface area contributed by atoms with Crippen LogP contribution in [0.2, 0.25) is 5.02 Å². The molecule has 2 rings (SSSR count). The van der Waals surface area contributed by atoms with Crippen LogP contribution in [0.5, 0.6) is 0 Å². The number of aromatic amines is 1. The number of hydrogen-bond donors (Lipinski definition) is 2. The van der Waals surface area contributed by atoms with Gasteiger partial charge in [-0.25, -0.2) is 13.2 Å². The van der Waals surface area contributed by atoms with Gasteiger partial charge in [0.15, 0.2) is 5.58 Å². The molecule has 0 radical (unpaired) electrons. The second kappa shape index (κ2) is 5.73. The van der Waals surface area contributed by atoms with Crippen molar-refractivity contribution in [1.82, 2.24) is 9.29 Å². The van der Waals surface area contributed by atoms with Crippen molar-refractivity contribution in [2.45, 2.75) is 17.9 Å². The summed E-state index contributed by atoms with van der Waals surface area (Å²) >= 11 is 9.28. The van der Waals surface area contributed by atoms with Gasteiger partial charge < -0.3 is 10.2 Å². The van der Waals surface area contributed by atoms with E-state index in [1.165, 1.54) is 13.1 Å². The minimum atomic E-state index is -3.90. The van der Waals surface area contributed by atoms with Gasteiger partial charge in [-0.2, -0.15) is 4.31 Å². The van der Waals surface area contributed by atoms with Gasteiger partial charge in [0, 0.05) is 24.1 Å². The van der Waals surface area contributed by atoms with Crippen molar-refractivity contribution in [2.24, 2.45) is 5.73 Å². The third-order valence-electron chi connectivity index (χ3n) is 3.16. The van der Waals surface area contributed by atoms with Crippen molar-refractivity contribution >= 4 is 48.7 Å². The van der Waals surface area contributed by atoms with E-state index in [2.05, 4.69) is 20.9 Å². The maximum Gasteiger partial charge on any atom is 0.417 e. The molecule has 10 heteroatoms. The number of oxazole rings is 1. The molecule has 1 atom stereocenters. The zero-order valence-corrected chi connectivity index (χ0v) is 14.3. The number of rotatable bonds is 4. The monoisotopic (exact) mass is 397 g/mol. The summed E-state index contributed by atoms with van der Waals surface area (Å²) in [5, 5.41) is -0.159. The minimum Gasteiger partial charge on any atom is -0.406 e. The number of nitrogens with two attached hydrogens (primary N) is 1. The van der Waals surface area contributed by atoms with E-state index in [9.17, 15) is 13.2 Å². The number of nitrogens with zero attached hydrogens (tertiary/aromatic N) is 1. The zero-order chi connectivity index (χ0) is 15.9. The van der Waals surface area contributed by atoms with Gasteiger partial charge in [0.05, 0.1) is 5.52 Å². The Hall–Kier alpha value is -0.870. The largest absolute Gasteiger partial charge is 0.417 e. The molecule has 0 fully saturated rings. The van der Waals surface area contributed by atoms with Crippen molar-refractivity contribution in [2.75, 3.05) is 13.6 Å². The Bertz CT molecular complexity index is 845. The van der Waals surface area contributed by atoms with E-state index in [0.29, 0.717) is 5.52 Å². The lowest BCUT2D eigenvalue weighted by Crippen LogP contribution is -2.39. The standard InChI is InChI=1S/C11H13BrClN3O4S/c1-5(4-14)16(2)21(18,19)10-6(12)3-7-9(8(10)13)20-11(17)15-7/h3,5H,4,14H2,1-2H3,(H,15,17). The third-order valence-corrected chi connectivity index (χ3v) is 6.58. The van der Waals surface area contributed by atoms with Crippen LogP contribution in [0.3, 0.4) is 0 Å². The summed E-state index contributed by atoms with van der Waals surface area (Å²) in [5.74, 6) is -0.711. The predicted molar refractivity (Wildman–Crippen MR) is 83.0 cm³/mol. The van der Waals surface area contributed by atoms with Crippen molar-refractivity contribution in [3.63, 3.8) is 0 Å². The van der Waals surface area contributed by atoms with Gasteiger partial charge in [0.25, 0.3) is 0 Å². The van der Waals surface area contributed by atoms with E-state index in [0.717, 1.165) is 4.31 Å². The lowest BCUT2D eigenvalue weighted by Gasteiger charge is -2.24. The average Bonchev–Trinajstić information content (AvgIpc) is 2.77. The van der Waals surface area contributed by atoms with Crippen LogP contribution < -0.4 is 11.5 Å². The molecule has 0 aliphatic rings. The number of benzene rings is 1. The lowest BCUT2D eigenvalue weighted by atomic mass is 10.3. The summed E-state index contributed by atoms with van der Waals surface area (Å²) in [7, 11) is -2.49. The molecule has 2 aromatic rings. The van der Waals surface area contributed by atoms with Gasteiger partial charge in [-0.3, -0.25) is 4.98 Å². The first-order valence-electron chi connectivity index (χ1n) is 5.89. The fourth-order valence-electron chi connectivity index (χ4n) is 1.77. The van der Waals surface area contributed by atoms with E-state index in [1.54, 1.807) is 6.92 Å². The highest BCUT2D eigenvalue weighted by atomic mass is 79.9. The molecule has 1 unspecified atom stereocenters. The Morgan fingerprint density at radius 2 is 2.19 bits per heavy atom. The summed E-state index contributed by atoms with van der Waals surface area (Å²) in [6, 6.07) is 1.02. The predicted octanol–water partition coefficient (Wildman–Crippen LogP) is 1.50. The van der Waals surface area contributed by atoms with Crippen LogP contribution in [0.25, 0.3) is 11.1 Å². The molecule has 7 nitrogen and oxygen atoms in total. The maximum absolute atomic E-state index is 12.7. The zero-order valence-electron chi connectivity index (χ0n) is 11.2. The van der Waals surface area contributed by atoms with Crippen LogP contribution in [0.4, 0.5) is 0 Å².